The van der Waals surface area contributed by atoms with Crippen LogP contribution in [-0.4, -0.2) is 39.9 Å². The van der Waals surface area contributed by atoms with E-state index in [1.54, 1.807) is 13.8 Å². The summed E-state index contributed by atoms with van der Waals surface area (Å²) in [5.41, 5.74) is -0.585. The van der Waals surface area contributed by atoms with Gasteiger partial charge in [0.15, 0.2) is 0 Å². The number of carboxylic acid groups (broad SMARTS) is 1. The number of hydrogen-bond donors (Lipinski definition) is 4. The minimum absolute atomic E-state index is 0.0132. The molecular weight excluding hydrogens is 260 g/mol. The van der Waals surface area contributed by atoms with Gasteiger partial charge in [0.05, 0.1) is 12.1 Å². The zero-order valence-electron chi connectivity index (χ0n) is 12.3. The number of carbonyl (C=O) groups is 2. The maximum atomic E-state index is 11.9. The summed E-state index contributed by atoms with van der Waals surface area (Å²) in [5, 5.41) is 24.2. The first kappa shape index (κ1) is 16.8. The summed E-state index contributed by atoms with van der Waals surface area (Å²) in [7, 11) is 0. The number of amides is 2. The highest BCUT2D eigenvalue weighted by molar-refractivity contribution is 5.75. The molecule has 0 aromatic heterocycles. The highest BCUT2D eigenvalue weighted by atomic mass is 16.4. The van der Waals surface area contributed by atoms with Gasteiger partial charge in [0.1, 0.15) is 0 Å². The topological polar surface area (TPSA) is 98.7 Å². The molecule has 0 spiro atoms. The van der Waals surface area contributed by atoms with Crippen molar-refractivity contribution in [3.63, 3.8) is 0 Å². The van der Waals surface area contributed by atoms with Crippen LogP contribution in [-0.2, 0) is 4.79 Å². The van der Waals surface area contributed by atoms with Crippen LogP contribution < -0.4 is 10.6 Å². The van der Waals surface area contributed by atoms with Gasteiger partial charge in [-0.1, -0.05) is 19.3 Å². The van der Waals surface area contributed by atoms with Crippen LogP contribution in [0.15, 0.2) is 0 Å². The lowest BCUT2D eigenvalue weighted by Crippen LogP contribution is -2.53. The van der Waals surface area contributed by atoms with Gasteiger partial charge in [0.2, 0.25) is 0 Å². The summed E-state index contributed by atoms with van der Waals surface area (Å²) in [5.74, 6) is -0.875. The van der Waals surface area contributed by atoms with Crippen LogP contribution >= 0.6 is 0 Å². The van der Waals surface area contributed by atoms with Crippen molar-refractivity contribution in [1.82, 2.24) is 10.6 Å². The van der Waals surface area contributed by atoms with Gasteiger partial charge in [-0.3, -0.25) is 4.79 Å². The zero-order valence-corrected chi connectivity index (χ0v) is 12.3. The van der Waals surface area contributed by atoms with Crippen LogP contribution in [0.4, 0.5) is 4.79 Å². The molecule has 2 amide bonds. The van der Waals surface area contributed by atoms with E-state index in [0.717, 1.165) is 25.7 Å². The molecule has 0 aromatic carbocycles. The Labute approximate surface area is 119 Å². The van der Waals surface area contributed by atoms with E-state index in [1.807, 2.05) is 0 Å². The number of hydrogen-bond acceptors (Lipinski definition) is 3. The average molecular weight is 286 g/mol. The van der Waals surface area contributed by atoms with Gasteiger partial charge >= 0.3 is 12.0 Å². The molecule has 6 heteroatoms. The molecule has 2 atom stereocenters. The fraction of sp³-hybridized carbons (Fsp3) is 0.857. The molecule has 0 heterocycles. The summed E-state index contributed by atoms with van der Waals surface area (Å²) in [6.07, 6.45) is 4.46. The molecule has 1 aliphatic rings. The number of carboxylic acids is 1. The van der Waals surface area contributed by atoms with E-state index in [2.05, 4.69) is 10.6 Å². The predicted molar refractivity (Wildman–Crippen MR) is 75.5 cm³/mol. The SMILES string of the molecule is CC(C)(CCC(=O)O)NC(=O)NC1CCCCCC1O. The maximum Gasteiger partial charge on any atom is 0.315 e. The maximum absolute atomic E-state index is 11.9. The number of carbonyl (C=O) groups excluding carboxylic acids is 1. The summed E-state index contributed by atoms with van der Waals surface area (Å²) in [6, 6.07) is -0.556. The Kier molecular flexibility index (Phi) is 6.26. The second kappa shape index (κ2) is 7.47. The van der Waals surface area contributed by atoms with Gasteiger partial charge in [0.25, 0.3) is 0 Å². The quantitative estimate of drug-likeness (QED) is 0.577. The molecule has 0 radical (unpaired) electrons. The van der Waals surface area contributed by atoms with Crippen molar-refractivity contribution in [2.24, 2.45) is 0 Å². The van der Waals surface area contributed by atoms with E-state index in [1.165, 1.54) is 0 Å². The number of aliphatic hydroxyl groups excluding tert-OH is 1. The Bertz CT molecular complexity index is 344. The standard InChI is InChI=1S/C14H26N2O4/c1-14(2,9-8-12(18)19)16-13(20)15-10-6-4-3-5-7-11(10)17/h10-11,17H,3-9H2,1-2H3,(H,18,19)(H2,15,16,20). The molecular formula is C14H26N2O4. The zero-order chi connectivity index (χ0) is 15.2. The lowest BCUT2D eigenvalue weighted by Gasteiger charge is -2.28. The third-order valence-electron chi connectivity index (χ3n) is 3.71. The number of rotatable bonds is 5. The second-order valence-electron chi connectivity index (χ2n) is 6.19. The Hall–Kier alpha value is -1.30. The van der Waals surface area contributed by atoms with Crippen molar-refractivity contribution < 1.29 is 19.8 Å². The molecule has 1 saturated carbocycles. The first-order valence-electron chi connectivity index (χ1n) is 7.29. The van der Waals surface area contributed by atoms with Gasteiger partial charge < -0.3 is 20.8 Å². The highest BCUT2D eigenvalue weighted by Crippen LogP contribution is 2.18. The molecule has 0 aromatic rings. The third-order valence-corrected chi connectivity index (χ3v) is 3.71. The predicted octanol–water partition coefficient (Wildman–Crippen LogP) is 1.62. The molecule has 1 fully saturated rings. The first-order valence-corrected chi connectivity index (χ1v) is 7.29. The van der Waals surface area contributed by atoms with E-state index < -0.39 is 17.6 Å². The molecule has 1 aliphatic carbocycles. The van der Waals surface area contributed by atoms with E-state index in [0.29, 0.717) is 12.8 Å². The summed E-state index contributed by atoms with van der Waals surface area (Å²) in [6.45, 7) is 3.58. The molecule has 4 N–H and O–H groups in total. The lowest BCUT2D eigenvalue weighted by atomic mass is 9.98. The Balaban J connectivity index is 2.43. The van der Waals surface area contributed by atoms with Gasteiger partial charge in [-0.05, 0) is 33.1 Å². The van der Waals surface area contributed by atoms with Crippen molar-refractivity contribution in [3.8, 4) is 0 Å². The number of aliphatic carboxylic acids is 1. The summed E-state index contributed by atoms with van der Waals surface area (Å²) >= 11 is 0. The molecule has 20 heavy (non-hydrogen) atoms. The highest BCUT2D eigenvalue weighted by Gasteiger charge is 2.26. The lowest BCUT2D eigenvalue weighted by molar-refractivity contribution is -0.137. The molecule has 116 valence electrons. The van der Waals surface area contributed by atoms with Crippen LogP contribution in [0, 0.1) is 0 Å². The van der Waals surface area contributed by atoms with Crippen molar-refractivity contribution in [2.75, 3.05) is 0 Å². The van der Waals surface area contributed by atoms with E-state index >= 15 is 0 Å². The molecule has 6 nitrogen and oxygen atoms in total. The van der Waals surface area contributed by atoms with Crippen LogP contribution in [0.1, 0.15) is 58.8 Å². The largest absolute Gasteiger partial charge is 0.481 e. The molecule has 0 bridgehead atoms. The van der Waals surface area contributed by atoms with Crippen LogP contribution in [0.25, 0.3) is 0 Å². The van der Waals surface area contributed by atoms with Gasteiger partial charge in [-0.15, -0.1) is 0 Å². The number of urea groups is 1. The minimum atomic E-state index is -0.875. The van der Waals surface area contributed by atoms with Crippen molar-refractivity contribution in [3.05, 3.63) is 0 Å². The fourth-order valence-electron chi connectivity index (χ4n) is 2.45. The Morgan fingerprint density at radius 1 is 1.20 bits per heavy atom. The molecule has 0 saturated heterocycles. The van der Waals surface area contributed by atoms with Crippen LogP contribution in [0.5, 0.6) is 0 Å². The van der Waals surface area contributed by atoms with Gasteiger partial charge in [-0.2, -0.15) is 0 Å². The molecule has 0 aliphatic heterocycles. The Morgan fingerprint density at radius 3 is 2.50 bits per heavy atom. The third kappa shape index (κ3) is 6.23. The van der Waals surface area contributed by atoms with Crippen molar-refractivity contribution in [1.29, 1.82) is 0 Å². The number of aliphatic hydroxyl groups is 1. The smallest absolute Gasteiger partial charge is 0.315 e. The second-order valence-corrected chi connectivity index (χ2v) is 6.19. The Morgan fingerprint density at radius 2 is 1.85 bits per heavy atom. The first-order chi connectivity index (χ1) is 9.30. The van der Waals surface area contributed by atoms with E-state index in [-0.39, 0.29) is 18.5 Å². The molecule has 2 unspecified atom stereocenters. The van der Waals surface area contributed by atoms with Crippen molar-refractivity contribution >= 4 is 12.0 Å². The number of nitrogens with one attached hydrogen (secondary N) is 2. The average Bonchev–Trinajstić information content (AvgIpc) is 2.52. The van der Waals surface area contributed by atoms with Gasteiger partial charge in [0, 0.05) is 12.0 Å². The minimum Gasteiger partial charge on any atom is -0.481 e. The summed E-state index contributed by atoms with van der Waals surface area (Å²) in [4.78, 5) is 22.5. The van der Waals surface area contributed by atoms with Crippen molar-refractivity contribution in [2.45, 2.75) is 76.5 Å². The van der Waals surface area contributed by atoms with E-state index in [9.17, 15) is 14.7 Å². The van der Waals surface area contributed by atoms with Gasteiger partial charge in [-0.25, -0.2) is 4.79 Å². The molecule has 1 rings (SSSR count). The van der Waals surface area contributed by atoms with E-state index in [4.69, 9.17) is 5.11 Å². The monoisotopic (exact) mass is 286 g/mol. The normalized spacial score (nSPS) is 23.8. The fourth-order valence-corrected chi connectivity index (χ4v) is 2.45. The van der Waals surface area contributed by atoms with Crippen LogP contribution in [0.2, 0.25) is 0 Å². The summed E-state index contributed by atoms with van der Waals surface area (Å²) < 4.78 is 0. The van der Waals surface area contributed by atoms with Crippen LogP contribution in [0.3, 0.4) is 0 Å².